The predicted molar refractivity (Wildman–Crippen MR) is 101 cm³/mol. The van der Waals surface area contributed by atoms with E-state index in [0.717, 1.165) is 0 Å². The Hall–Kier alpha value is -2.25. The zero-order valence-electron chi connectivity index (χ0n) is 15.6. The third-order valence-corrected chi connectivity index (χ3v) is 5.78. The lowest BCUT2D eigenvalue weighted by molar-refractivity contribution is -0.131. The summed E-state index contributed by atoms with van der Waals surface area (Å²) in [6.45, 7) is 2.87. The Kier molecular flexibility index (Phi) is 8.59. The van der Waals surface area contributed by atoms with E-state index in [1.54, 1.807) is 26.0 Å². The fourth-order valence-electron chi connectivity index (χ4n) is 2.05. The standard InChI is InChI=1S/C18H24N2O6S/c1-18(2,27(4)25)15(17(23)20-24)19-16(22)13-8-5-12(6-9-13)7-10-14(11-21)26-3/h5-6,8-9,14-15,21,24H,11H2,1-4H3,(H,19,22)(H,20,23)/t14?,15-,27?/m1/s1. The highest BCUT2D eigenvalue weighted by atomic mass is 32.2. The lowest BCUT2D eigenvalue weighted by atomic mass is 10.0. The van der Waals surface area contributed by atoms with Crippen LogP contribution in [0.2, 0.25) is 0 Å². The molecule has 4 N–H and O–H groups in total. The van der Waals surface area contributed by atoms with Gasteiger partial charge in [-0.15, -0.1) is 0 Å². The lowest BCUT2D eigenvalue weighted by Crippen LogP contribution is -2.58. The van der Waals surface area contributed by atoms with Crippen LogP contribution in [0, 0.1) is 11.8 Å². The molecule has 9 heteroatoms. The van der Waals surface area contributed by atoms with E-state index in [9.17, 15) is 13.8 Å². The molecule has 0 saturated carbocycles. The maximum atomic E-state index is 12.5. The van der Waals surface area contributed by atoms with Gasteiger partial charge in [0.25, 0.3) is 11.8 Å². The first-order valence-electron chi connectivity index (χ1n) is 8.01. The van der Waals surface area contributed by atoms with Gasteiger partial charge in [0.15, 0.2) is 0 Å². The van der Waals surface area contributed by atoms with Gasteiger partial charge in [-0.1, -0.05) is 11.8 Å². The number of ether oxygens (including phenoxy) is 1. The summed E-state index contributed by atoms with van der Waals surface area (Å²) < 4.78 is 15.8. The Balaban J connectivity index is 2.98. The molecule has 0 fully saturated rings. The molecule has 1 rings (SSSR count). The van der Waals surface area contributed by atoms with Gasteiger partial charge in [0.2, 0.25) is 0 Å². The molecule has 1 aromatic rings. The van der Waals surface area contributed by atoms with Crippen LogP contribution in [-0.2, 0) is 20.3 Å². The van der Waals surface area contributed by atoms with E-state index in [1.807, 2.05) is 0 Å². The van der Waals surface area contributed by atoms with Crippen molar-refractivity contribution in [2.75, 3.05) is 20.0 Å². The maximum absolute atomic E-state index is 12.5. The summed E-state index contributed by atoms with van der Waals surface area (Å²) >= 11 is 0. The van der Waals surface area contributed by atoms with Crippen molar-refractivity contribution in [3.63, 3.8) is 0 Å². The van der Waals surface area contributed by atoms with E-state index < -0.39 is 39.5 Å². The van der Waals surface area contributed by atoms with Crippen LogP contribution in [0.25, 0.3) is 0 Å². The van der Waals surface area contributed by atoms with Crippen LogP contribution in [0.4, 0.5) is 0 Å². The molecule has 3 atom stereocenters. The van der Waals surface area contributed by atoms with Crippen LogP contribution >= 0.6 is 0 Å². The fourth-order valence-corrected chi connectivity index (χ4v) is 2.55. The van der Waals surface area contributed by atoms with Crippen LogP contribution in [-0.4, -0.2) is 63.2 Å². The Morgan fingerprint density at radius 3 is 2.33 bits per heavy atom. The zero-order chi connectivity index (χ0) is 20.6. The van der Waals surface area contributed by atoms with Gasteiger partial charge in [-0.05, 0) is 38.1 Å². The third kappa shape index (κ3) is 6.15. The minimum absolute atomic E-state index is 0.229. The summed E-state index contributed by atoms with van der Waals surface area (Å²) in [4.78, 5) is 24.4. The summed E-state index contributed by atoms with van der Waals surface area (Å²) in [6, 6.07) is 5.05. The number of hydrogen-bond donors (Lipinski definition) is 4. The van der Waals surface area contributed by atoms with Crippen molar-refractivity contribution in [1.82, 2.24) is 10.8 Å². The number of aliphatic hydroxyl groups is 1. The molecule has 1 aromatic carbocycles. The Labute approximate surface area is 160 Å². The smallest absolute Gasteiger partial charge is 0.267 e. The molecule has 2 unspecified atom stereocenters. The highest BCUT2D eigenvalue weighted by Gasteiger charge is 2.39. The molecule has 148 valence electrons. The van der Waals surface area contributed by atoms with Gasteiger partial charge in [0.1, 0.15) is 12.1 Å². The van der Waals surface area contributed by atoms with Gasteiger partial charge in [-0.3, -0.25) is 19.0 Å². The first-order valence-corrected chi connectivity index (χ1v) is 9.56. The van der Waals surface area contributed by atoms with Crippen LogP contribution in [0.15, 0.2) is 24.3 Å². The molecule has 2 amide bonds. The highest BCUT2D eigenvalue weighted by Crippen LogP contribution is 2.18. The summed E-state index contributed by atoms with van der Waals surface area (Å²) in [5, 5.41) is 20.4. The van der Waals surface area contributed by atoms with E-state index in [2.05, 4.69) is 17.2 Å². The van der Waals surface area contributed by atoms with Crippen LogP contribution in [0.3, 0.4) is 0 Å². The first kappa shape index (κ1) is 22.8. The van der Waals surface area contributed by atoms with Crippen molar-refractivity contribution in [2.45, 2.75) is 30.7 Å². The van der Waals surface area contributed by atoms with Gasteiger partial charge < -0.3 is 15.2 Å². The average molecular weight is 396 g/mol. The SMILES string of the molecule is COC(C#Cc1ccc(C(=O)N[C@H](C(=O)NO)C(C)(C)S(C)=O)cc1)CO. The number of carbonyl (C=O) groups is 2. The molecule has 27 heavy (non-hydrogen) atoms. The second-order valence-electron chi connectivity index (χ2n) is 6.19. The summed E-state index contributed by atoms with van der Waals surface area (Å²) in [5.41, 5.74) is 2.37. The number of carbonyl (C=O) groups excluding carboxylic acids is 2. The molecular weight excluding hydrogens is 372 g/mol. The average Bonchev–Trinajstić information content (AvgIpc) is 2.66. The van der Waals surface area contributed by atoms with Crippen molar-refractivity contribution in [1.29, 1.82) is 0 Å². The van der Waals surface area contributed by atoms with E-state index in [4.69, 9.17) is 15.1 Å². The first-order chi connectivity index (χ1) is 12.7. The van der Waals surface area contributed by atoms with E-state index >= 15 is 0 Å². The molecule has 0 aliphatic heterocycles. The summed E-state index contributed by atoms with van der Waals surface area (Å²) in [6.07, 6.45) is 0.819. The number of amides is 2. The number of hydrogen-bond acceptors (Lipinski definition) is 6. The lowest BCUT2D eigenvalue weighted by Gasteiger charge is -2.31. The maximum Gasteiger partial charge on any atom is 0.267 e. The topological polar surface area (TPSA) is 125 Å². The predicted octanol–water partition coefficient (Wildman–Crippen LogP) is -0.194. The van der Waals surface area contributed by atoms with E-state index in [0.29, 0.717) is 5.56 Å². The number of hydroxylamine groups is 1. The van der Waals surface area contributed by atoms with Crippen molar-refractivity contribution in [2.24, 2.45) is 0 Å². The largest absolute Gasteiger partial charge is 0.393 e. The molecular formula is C18H24N2O6S. The molecule has 0 saturated heterocycles. The summed E-state index contributed by atoms with van der Waals surface area (Å²) in [5.74, 6) is 4.13. The zero-order valence-corrected chi connectivity index (χ0v) is 16.4. The quantitative estimate of drug-likeness (QED) is 0.288. The molecule has 0 aromatic heterocycles. The van der Waals surface area contributed by atoms with Gasteiger partial charge in [-0.25, -0.2) is 5.48 Å². The number of rotatable bonds is 7. The third-order valence-electron chi connectivity index (χ3n) is 4.06. The Bertz CT molecular complexity index is 747. The fraction of sp³-hybridized carbons (Fsp3) is 0.444. The van der Waals surface area contributed by atoms with Gasteiger partial charge in [-0.2, -0.15) is 0 Å². The Morgan fingerprint density at radius 1 is 1.30 bits per heavy atom. The van der Waals surface area contributed by atoms with Crippen molar-refractivity contribution in [3.05, 3.63) is 35.4 Å². The normalized spacial score (nSPS) is 14.3. The van der Waals surface area contributed by atoms with E-state index in [-0.39, 0.29) is 12.2 Å². The summed E-state index contributed by atoms with van der Waals surface area (Å²) in [7, 11) is -0.0138. The second kappa shape index (κ2) is 10.2. The monoisotopic (exact) mass is 396 g/mol. The van der Waals surface area contributed by atoms with Crippen molar-refractivity contribution >= 4 is 22.6 Å². The van der Waals surface area contributed by atoms with Crippen molar-refractivity contribution in [3.8, 4) is 11.8 Å². The van der Waals surface area contributed by atoms with E-state index in [1.165, 1.54) is 31.0 Å². The molecule has 0 aliphatic carbocycles. The van der Waals surface area contributed by atoms with Crippen LogP contribution < -0.4 is 10.8 Å². The van der Waals surface area contributed by atoms with Crippen LogP contribution in [0.1, 0.15) is 29.8 Å². The number of aliphatic hydroxyl groups excluding tert-OH is 1. The molecule has 0 bridgehead atoms. The molecule has 8 nitrogen and oxygen atoms in total. The molecule has 0 heterocycles. The number of nitrogens with one attached hydrogen (secondary N) is 2. The Morgan fingerprint density at radius 2 is 1.89 bits per heavy atom. The van der Waals surface area contributed by atoms with Crippen molar-refractivity contribution < 1.29 is 28.8 Å². The van der Waals surface area contributed by atoms with Gasteiger partial charge in [0.05, 0.1) is 11.4 Å². The van der Waals surface area contributed by atoms with Crippen LogP contribution in [0.5, 0.6) is 0 Å². The molecule has 0 aliphatic rings. The minimum Gasteiger partial charge on any atom is -0.393 e. The van der Waals surface area contributed by atoms with Gasteiger partial charge in [0, 0.05) is 35.3 Å². The number of benzene rings is 1. The molecule has 0 spiro atoms. The highest BCUT2D eigenvalue weighted by molar-refractivity contribution is 7.85. The number of methoxy groups -OCH3 is 1. The second-order valence-corrected chi connectivity index (χ2v) is 8.15. The van der Waals surface area contributed by atoms with Gasteiger partial charge >= 0.3 is 0 Å². The minimum atomic E-state index is -1.45. The molecule has 0 radical (unpaired) electrons.